The van der Waals surface area contributed by atoms with E-state index in [1.165, 1.54) is 23.7 Å². The third-order valence-corrected chi connectivity index (χ3v) is 3.96. The second kappa shape index (κ2) is 5.98. The molecule has 0 bridgehead atoms. The van der Waals surface area contributed by atoms with E-state index in [-0.39, 0.29) is 18.2 Å². The standard InChI is InChI=1S/C15H13N3O3S/c1-9-4-2-6-11-13(9)18-15(22-11)17-12(19)8-16-14(20)10-5-3-7-21-10/h2-7H,8H2,1H3,(H,16,20)(H,17,18,19). The second-order valence-electron chi connectivity index (χ2n) is 4.65. The molecule has 0 aliphatic rings. The molecule has 2 heterocycles. The summed E-state index contributed by atoms with van der Waals surface area (Å²) in [5.41, 5.74) is 1.93. The van der Waals surface area contributed by atoms with Crippen LogP contribution < -0.4 is 10.6 Å². The van der Waals surface area contributed by atoms with Crippen LogP contribution in [0, 0.1) is 6.92 Å². The summed E-state index contributed by atoms with van der Waals surface area (Å²) in [5, 5.41) is 5.68. The summed E-state index contributed by atoms with van der Waals surface area (Å²) < 4.78 is 5.95. The minimum absolute atomic E-state index is 0.144. The molecule has 7 heteroatoms. The van der Waals surface area contributed by atoms with Gasteiger partial charge in [0.15, 0.2) is 10.9 Å². The van der Waals surface area contributed by atoms with Gasteiger partial charge in [-0.15, -0.1) is 0 Å². The zero-order valence-electron chi connectivity index (χ0n) is 11.8. The van der Waals surface area contributed by atoms with Gasteiger partial charge in [0.2, 0.25) is 5.91 Å². The van der Waals surface area contributed by atoms with Crippen LogP contribution in [-0.2, 0) is 4.79 Å². The van der Waals surface area contributed by atoms with E-state index >= 15 is 0 Å². The third kappa shape index (κ3) is 2.99. The van der Waals surface area contributed by atoms with Crippen molar-refractivity contribution < 1.29 is 14.0 Å². The Hall–Kier alpha value is -2.67. The van der Waals surface area contributed by atoms with Crippen LogP contribution in [0.2, 0.25) is 0 Å². The van der Waals surface area contributed by atoms with E-state index in [0.29, 0.717) is 5.13 Å². The average Bonchev–Trinajstić information content (AvgIpc) is 3.14. The van der Waals surface area contributed by atoms with Crippen LogP contribution in [0.5, 0.6) is 0 Å². The number of furan rings is 1. The fourth-order valence-electron chi connectivity index (χ4n) is 1.96. The zero-order valence-corrected chi connectivity index (χ0v) is 12.6. The molecule has 0 aliphatic carbocycles. The Kier molecular flexibility index (Phi) is 3.88. The van der Waals surface area contributed by atoms with Gasteiger partial charge in [-0.3, -0.25) is 9.59 Å². The number of para-hydroxylation sites is 1. The van der Waals surface area contributed by atoms with Crippen molar-refractivity contribution in [2.45, 2.75) is 6.92 Å². The van der Waals surface area contributed by atoms with Crippen molar-refractivity contribution in [2.24, 2.45) is 0 Å². The number of thiazole rings is 1. The number of carbonyl (C=O) groups is 2. The van der Waals surface area contributed by atoms with Gasteiger partial charge in [-0.2, -0.15) is 0 Å². The Morgan fingerprint density at radius 2 is 2.14 bits per heavy atom. The summed E-state index contributed by atoms with van der Waals surface area (Å²) in [7, 11) is 0. The van der Waals surface area contributed by atoms with Gasteiger partial charge in [-0.05, 0) is 30.7 Å². The van der Waals surface area contributed by atoms with Crippen molar-refractivity contribution in [3.05, 3.63) is 47.9 Å². The highest BCUT2D eigenvalue weighted by molar-refractivity contribution is 7.22. The largest absolute Gasteiger partial charge is 0.459 e. The molecule has 0 radical (unpaired) electrons. The quantitative estimate of drug-likeness (QED) is 0.775. The molecule has 3 rings (SSSR count). The molecule has 22 heavy (non-hydrogen) atoms. The monoisotopic (exact) mass is 315 g/mol. The first kappa shape index (κ1) is 14.3. The van der Waals surface area contributed by atoms with E-state index in [4.69, 9.17) is 4.42 Å². The summed E-state index contributed by atoms with van der Waals surface area (Å²) in [6.45, 7) is 1.83. The molecule has 3 aromatic rings. The Balaban J connectivity index is 1.61. The van der Waals surface area contributed by atoms with Crippen LogP contribution in [0.15, 0.2) is 41.0 Å². The minimum Gasteiger partial charge on any atom is -0.459 e. The fraction of sp³-hybridized carbons (Fsp3) is 0.133. The molecule has 0 aliphatic heterocycles. The lowest BCUT2D eigenvalue weighted by molar-refractivity contribution is -0.115. The number of aromatic nitrogens is 1. The molecule has 1 aromatic carbocycles. The van der Waals surface area contributed by atoms with E-state index in [1.807, 2.05) is 25.1 Å². The molecule has 0 unspecified atom stereocenters. The van der Waals surface area contributed by atoms with E-state index in [9.17, 15) is 9.59 Å². The maximum Gasteiger partial charge on any atom is 0.287 e. The SMILES string of the molecule is Cc1cccc2sc(NC(=O)CNC(=O)c3ccco3)nc12. The number of aryl methyl sites for hydroxylation is 1. The van der Waals surface area contributed by atoms with Gasteiger partial charge in [0.25, 0.3) is 5.91 Å². The van der Waals surface area contributed by atoms with Gasteiger partial charge >= 0.3 is 0 Å². The Bertz CT molecular complexity index is 824. The normalized spacial score (nSPS) is 10.6. The molecule has 0 spiro atoms. The van der Waals surface area contributed by atoms with Gasteiger partial charge < -0.3 is 15.1 Å². The summed E-state index contributed by atoms with van der Waals surface area (Å²) in [5.74, 6) is -0.597. The maximum absolute atomic E-state index is 11.9. The highest BCUT2D eigenvalue weighted by Crippen LogP contribution is 2.27. The molecule has 0 saturated carbocycles. The predicted molar refractivity (Wildman–Crippen MR) is 84.0 cm³/mol. The molecular formula is C15H13N3O3S. The van der Waals surface area contributed by atoms with E-state index in [1.54, 1.807) is 6.07 Å². The number of nitrogens with one attached hydrogen (secondary N) is 2. The van der Waals surface area contributed by atoms with Crippen LogP contribution in [0.1, 0.15) is 16.1 Å². The molecule has 2 amide bonds. The zero-order chi connectivity index (χ0) is 15.5. The number of carbonyl (C=O) groups excluding carboxylic acids is 2. The first-order chi connectivity index (χ1) is 10.6. The molecule has 0 fully saturated rings. The number of nitrogens with zero attached hydrogens (tertiary/aromatic N) is 1. The number of hydrogen-bond acceptors (Lipinski definition) is 5. The van der Waals surface area contributed by atoms with Crippen molar-refractivity contribution in [1.82, 2.24) is 10.3 Å². The lowest BCUT2D eigenvalue weighted by atomic mass is 10.2. The first-order valence-corrected chi connectivity index (χ1v) is 7.43. The van der Waals surface area contributed by atoms with Crippen molar-refractivity contribution in [3.63, 3.8) is 0 Å². The molecule has 0 atom stereocenters. The highest BCUT2D eigenvalue weighted by atomic mass is 32.1. The topological polar surface area (TPSA) is 84.2 Å². The van der Waals surface area contributed by atoms with Gasteiger partial charge in [0, 0.05) is 0 Å². The third-order valence-electron chi connectivity index (χ3n) is 3.02. The van der Waals surface area contributed by atoms with E-state index < -0.39 is 5.91 Å². The number of benzene rings is 1. The smallest absolute Gasteiger partial charge is 0.287 e. The van der Waals surface area contributed by atoms with Crippen LogP contribution in [-0.4, -0.2) is 23.3 Å². The van der Waals surface area contributed by atoms with Gasteiger partial charge in [0.05, 0.1) is 23.0 Å². The summed E-state index contributed by atoms with van der Waals surface area (Å²) in [6.07, 6.45) is 1.40. The summed E-state index contributed by atoms with van der Waals surface area (Å²) >= 11 is 1.40. The lowest BCUT2D eigenvalue weighted by Crippen LogP contribution is -2.32. The number of fused-ring (bicyclic) bond motifs is 1. The molecule has 0 saturated heterocycles. The van der Waals surface area contributed by atoms with Crippen LogP contribution in [0.3, 0.4) is 0 Å². The summed E-state index contributed by atoms with van der Waals surface area (Å²) in [4.78, 5) is 27.9. The van der Waals surface area contributed by atoms with Crippen LogP contribution >= 0.6 is 11.3 Å². The number of rotatable bonds is 4. The van der Waals surface area contributed by atoms with Crippen LogP contribution in [0.4, 0.5) is 5.13 Å². The Labute approximate surface area is 130 Å². The van der Waals surface area contributed by atoms with Crippen molar-refractivity contribution in [3.8, 4) is 0 Å². The molecular weight excluding hydrogens is 302 g/mol. The average molecular weight is 315 g/mol. The minimum atomic E-state index is -0.430. The summed E-state index contributed by atoms with van der Waals surface area (Å²) in [6, 6.07) is 9.01. The maximum atomic E-state index is 11.9. The first-order valence-electron chi connectivity index (χ1n) is 6.61. The van der Waals surface area contributed by atoms with E-state index in [2.05, 4.69) is 15.6 Å². The second-order valence-corrected chi connectivity index (χ2v) is 5.68. The Morgan fingerprint density at radius 1 is 1.27 bits per heavy atom. The molecule has 2 N–H and O–H groups in total. The number of anilines is 1. The number of hydrogen-bond donors (Lipinski definition) is 2. The Morgan fingerprint density at radius 3 is 2.86 bits per heavy atom. The van der Waals surface area contributed by atoms with Crippen molar-refractivity contribution in [2.75, 3.05) is 11.9 Å². The molecule has 2 aromatic heterocycles. The van der Waals surface area contributed by atoms with Gasteiger partial charge in [-0.1, -0.05) is 23.5 Å². The lowest BCUT2D eigenvalue weighted by Gasteiger charge is -2.02. The highest BCUT2D eigenvalue weighted by Gasteiger charge is 2.12. The van der Waals surface area contributed by atoms with Gasteiger partial charge in [-0.25, -0.2) is 4.98 Å². The van der Waals surface area contributed by atoms with Crippen molar-refractivity contribution >= 4 is 38.5 Å². The van der Waals surface area contributed by atoms with E-state index in [0.717, 1.165) is 15.8 Å². The fourth-order valence-corrected chi connectivity index (χ4v) is 2.92. The molecule has 112 valence electrons. The number of amides is 2. The van der Waals surface area contributed by atoms with Crippen LogP contribution in [0.25, 0.3) is 10.2 Å². The predicted octanol–water partition coefficient (Wildman–Crippen LogP) is 2.57. The van der Waals surface area contributed by atoms with Gasteiger partial charge in [0.1, 0.15) is 0 Å². The molecule has 6 nitrogen and oxygen atoms in total. The van der Waals surface area contributed by atoms with Crippen molar-refractivity contribution in [1.29, 1.82) is 0 Å².